The molecule has 150 valence electrons. The third kappa shape index (κ3) is 5.28. The van der Waals surface area contributed by atoms with E-state index in [0.717, 1.165) is 42.7 Å². The molecule has 2 aromatic carbocycles. The zero-order valence-electron chi connectivity index (χ0n) is 17.0. The molecule has 2 aromatic rings. The van der Waals surface area contributed by atoms with E-state index < -0.39 is 6.10 Å². The summed E-state index contributed by atoms with van der Waals surface area (Å²) >= 11 is 0. The summed E-state index contributed by atoms with van der Waals surface area (Å²) in [7, 11) is 1.69. The van der Waals surface area contributed by atoms with Gasteiger partial charge in [-0.05, 0) is 79.8 Å². The maximum atomic E-state index is 12.5. The first-order valence-electron chi connectivity index (χ1n) is 10.4. The summed E-state index contributed by atoms with van der Waals surface area (Å²) in [6.07, 6.45) is 6.69. The topological polar surface area (TPSA) is 47.6 Å². The van der Waals surface area contributed by atoms with Crippen LogP contribution in [-0.4, -0.2) is 25.7 Å². The minimum atomic E-state index is -0.451. The molecule has 4 heteroatoms. The van der Waals surface area contributed by atoms with E-state index in [-0.39, 0.29) is 5.91 Å². The molecule has 0 radical (unpaired) electrons. The third-order valence-corrected chi connectivity index (χ3v) is 5.38. The molecule has 0 aliphatic heterocycles. The van der Waals surface area contributed by atoms with E-state index in [4.69, 9.17) is 9.47 Å². The predicted molar refractivity (Wildman–Crippen MR) is 112 cm³/mol. The van der Waals surface area contributed by atoms with E-state index in [1.165, 1.54) is 24.0 Å². The largest absolute Gasteiger partial charge is 0.496 e. The lowest BCUT2D eigenvalue weighted by atomic mass is 9.92. The number of hydrogen-bond donors (Lipinski definition) is 1. The Labute approximate surface area is 168 Å². The van der Waals surface area contributed by atoms with Gasteiger partial charge in [0.2, 0.25) is 0 Å². The summed E-state index contributed by atoms with van der Waals surface area (Å²) in [6, 6.07) is 14.3. The van der Waals surface area contributed by atoms with Crippen LogP contribution < -0.4 is 14.8 Å². The van der Waals surface area contributed by atoms with Gasteiger partial charge < -0.3 is 14.8 Å². The molecule has 1 atom stereocenters. The maximum Gasteiger partial charge on any atom is 0.261 e. The number of hydrogen-bond acceptors (Lipinski definition) is 3. The fourth-order valence-electron chi connectivity index (χ4n) is 3.78. The van der Waals surface area contributed by atoms with Crippen LogP contribution in [0.2, 0.25) is 0 Å². The Morgan fingerprint density at radius 2 is 1.89 bits per heavy atom. The SMILES string of the molecule is CCC(Oc1ccc2c(c1)CCCC2)C(=O)NCCCc1ccccc1OC. The van der Waals surface area contributed by atoms with E-state index in [1.807, 2.05) is 31.2 Å². The van der Waals surface area contributed by atoms with Crippen LogP contribution in [-0.2, 0) is 24.1 Å². The highest BCUT2D eigenvalue weighted by molar-refractivity contribution is 5.81. The summed E-state index contributed by atoms with van der Waals surface area (Å²) in [5, 5.41) is 3.02. The Bertz CT molecular complexity index is 787. The summed E-state index contributed by atoms with van der Waals surface area (Å²) < 4.78 is 11.4. The molecular formula is C24H31NO3. The van der Waals surface area contributed by atoms with Gasteiger partial charge in [0.15, 0.2) is 6.10 Å². The zero-order chi connectivity index (χ0) is 19.8. The van der Waals surface area contributed by atoms with Crippen molar-refractivity contribution in [3.05, 3.63) is 59.2 Å². The molecule has 0 spiro atoms. The molecule has 1 unspecified atom stereocenters. The van der Waals surface area contributed by atoms with Gasteiger partial charge in [-0.25, -0.2) is 0 Å². The van der Waals surface area contributed by atoms with Crippen molar-refractivity contribution in [3.63, 3.8) is 0 Å². The summed E-state index contributed by atoms with van der Waals surface area (Å²) in [4.78, 5) is 12.5. The van der Waals surface area contributed by atoms with Gasteiger partial charge in [0.05, 0.1) is 7.11 Å². The number of para-hydroxylation sites is 1. The smallest absolute Gasteiger partial charge is 0.261 e. The number of amides is 1. The minimum Gasteiger partial charge on any atom is -0.496 e. The monoisotopic (exact) mass is 381 g/mol. The number of fused-ring (bicyclic) bond motifs is 1. The molecule has 4 nitrogen and oxygen atoms in total. The zero-order valence-corrected chi connectivity index (χ0v) is 17.0. The van der Waals surface area contributed by atoms with Crippen molar-refractivity contribution in [2.24, 2.45) is 0 Å². The number of ether oxygens (including phenoxy) is 2. The second-order valence-electron chi connectivity index (χ2n) is 7.36. The fourth-order valence-corrected chi connectivity index (χ4v) is 3.78. The molecule has 0 bridgehead atoms. The average Bonchev–Trinajstić information content (AvgIpc) is 2.75. The lowest BCUT2D eigenvalue weighted by molar-refractivity contribution is -0.128. The van der Waals surface area contributed by atoms with Crippen LogP contribution in [0.5, 0.6) is 11.5 Å². The quantitative estimate of drug-likeness (QED) is 0.652. The van der Waals surface area contributed by atoms with Crippen LogP contribution in [0.1, 0.15) is 49.3 Å². The Kier molecular flexibility index (Phi) is 7.35. The van der Waals surface area contributed by atoms with Crippen LogP contribution in [0.4, 0.5) is 0 Å². The average molecular weight is 382 g/mol. The van der Waals surface area contributed by atoms with E-state index in [1.54, 1.807) is 7.11 Å². The fraction of sp³-hybridized carbons (Fsp3) is 0.458. The molecule has 28 heavy (non-hydrogen) atoms. The van der Waals surface area contributed by atoms with Crippen molar-refractivity contribution < 1.29 is 14.3 Å². The van der Waals surface area contributed by atoms with Gasteiger partial charge in [-0.1, -0.05) is 31.2 Å². The molecule has 0 saturated carbocycles. The van der Waals surface area contributed by atoms with Crippen molar-refractivity contribution in [2.75, 3.05) is 13.7 Å². The third-order valence-electron chi connectivity index (χ3n) is 5.38. The number of methoxy groups -OCH3 is 1. The van der Waals surface area contributed by atoms with Crippen molar-refractivity contribution in [3.8, 4) is 11.5 Å². The number of aryl methyl sites for hydroxylation is 3. The number of nitrogens with one attached hydrogen (secondary N) is 1. The molecule has 0 fully saturated rings. The van der Waals surface area contributed by atoms with Gasteiger partial charge in [0, 0.05) is 6.54 Å². The van der Waals surface area contributed by atoms with Crippen LogP contribution in [0.15, 0.2) is 42.5 Å². The molecule has 0 saturated heterocycles. The van der Waals surface area contributed by atoms with E-state index in [0.29, 0.717) is 13.0 Å². The number of carbonyl (C=O) groups excluding carboxylic acids is 1. The first kappa shape index (κ1) is 20.2. The van der Waals surface area contributed by atoms with Crippen molar-refractivity contribution in [1.82, 2.24) is 5.32 Å². The van der Waals surface area contributed by atoms with Crippen LogP contribution in [0, 0.1) is 0 Å². The van der Waals surface area contributed by atoms with Crippen LogP contribution >= 0.6 is 0 Å². The Morgan fingerprint density at radius 3 is 2.68 bits per heavy atom. The first-order chi connectivity index (χ1) is 13.7. The van der Waals surface area contributed by atoms with Gasteiger partial charge in [-0.2, -0.15) is 0 Å². The highest BCUT2D eigenvalue weighted by atomic mass is 16.5. The molecule has 1 N–H and O–H groups in total. The lowest BCUT2D eigenvalue weighted by Crippen LogP contribution is -2.38. The summed E-state index contributed by atoms with van der Waals surface area (Å²) in [5.74, 6) is 1.66. The van der Waals surface area contributed by atoms with Gasteiger partial charge in [-0.15, -0.1) is 0 Å². The van der Waals surface area contributed by atoms with E-state index in [2.05, 4.69) is 23.5 Å². The summed E-state index contributed by atoms with van der Waals surface area (Å²) in [5.41, 5.74) is 3.96. The Balaban J connectivity index is 1.48. The standard InChI is InChI=1S/C24H31NO3/c1-3-22(28-21-15-14-18-9-4-5-11-20(18)17-21)24(26)25-16-8-12-19-10-6-7-13-23(19)27-2/h6-7,10,13-15,17,22H,3-5,8-9,11-12,16H2,1-2H3,(H,25,26). The number of rotatable bonds is 9. The molecule has 1 amide bonds. The highest BCUT2D eigenvalue weighted by Gasteiger charge is 2.19. The maximum absolute atomic E-state index is 12.5. The number of benzene rings is 2. The van der Waals surface area contributed by atoms with Crippen molar-refractivity contribution >= 4 is 5.91 Å². The first-order valence-corrected chi connectivity index (χ1v) is 10.4. The minimum absolute atomic E-state index is 0.0414. The summed E-state index contributed by atoms with van der Waals surface area (Å²) in [6.45, 7) is 2.61. The second kappa shape index (κ2) is 10.2. The molecule has 1 aliphatic carbocycles. The second-order valence-corrected chi connectivity index (χ2v) is 7.36. The van der Waals surface area contributed by atoms with Crippen molar-refractivity contribution in [2.45, 2.75) is 58.0 Å². The number of carbonyl (C=O) groups is 1. The van der Waals surface area contributed by atoms with Gasteiger partial charge in [0.1, 0.15) is 11.5 Å². The van der Waals surface area contributed by atoms with Gasteiger partial charge in [0.25, 0.3) is 5.91 Å². The normalized spacial score (nSPS) is 14.1. The van der Waals surface area contributed by atoms with E-state index >= 15 is 0 Å². The van der Waals surface area contributed by atoms with Crippen LogP contribution in [0.3, 0.4) is 0 Å². The van der Waals surface area contributed by atoms with Gasteiger partial charge >= 0.3 is 0 Å². The molecule has 3 rings (SSSR count). The Morgan fingerprint density at radius 1 is 1.11 bits per heavy atom. The van der Waals surface area contributed by atoms with E-state index in [9.17, 15) is 4.79 Å². The van der Waals surface area contributed by atoms with Crippen molar-refractivity contribution in [1.29, 1.82) is 0 Å². The predicted octanol–water partition coefficient (Wildman–Crippen LogP) is 4.48. The molecular weight excluding hydrogens is 350 g/mol. The lowest BCUT2D eigenvalue weighted by Gasteiger charge is -2.20. The van der Waals surface area contributed by atoms with Crippen LogP contribution in [0.25, 0.3) is 0 Å². The highest BCUT2D eigenvalue weighted by Crippen LogP contribution is 2.26. The van der Waals surface area contributed by atoms with Gasteiger partial charge in [-0.3, -0.25) is 4.79 Å². The molecule has 1 aliphatic rings. The molecule has 0 heterocycles. The molecule has 0 aromatic heterocycles. The Hall–Kier alpha value is -2.49.